The maximum Gasteiger partial charge on any atom is 0.302 e. The highest BCUT2D eigenvalue weighted by Gasteiger charge is 2.43. The summed E-state index contributed by atoms with van der Waals surface area (Å²) in [5, 5.41) is 4.24. The highest BCUT2D eigenvalue weighted by molar-refractivity contribution is 7.46. The van der Waals surface area contributed by atoms with Crippen LogP contribution in [0, 0.1) is 12.3 Å². The lowest BCUT2D eigenvalue weighted by atomic mass is 10.2. The summed E-state index contributed by atoms with van der Waals surface area (Å²) in [6.45, 7) is 4.57. The molecule has 1 aliphatic heterocycles. The number of hydrogen-bond donors (Lipinski definition) is 2. The Bertz CT molecular complexity index is 1620. The number of halogens is 2. The van der Waals surface area contributed by atoms with E-state index in [1.807, 2.05) is 29.2 Å². The Kier molecular flexibility index (Phi) is 18.3. The standard InChI is InChI=1S/C34H46Cl2N5O11P/c1-4-12-46-14-16-48-18-19-49-17-15-47-13-11-40(21-26-7-5-6-8-29(26)35)31-28-20-37-41(32(28)39-33(36)38-31)30-10-9-27(52-30)22-51-34(23-45-3,53(43)44)24-50-25(2)42/h1,5-8,20,27,30,43-44H,9-19,21-24H2,2-3H3. The smallest absolute Gasteiger partial charge is 0.302 e. The van der Waals surface area contributed by atoms with Gasteiger partial charge in [-0.25, -0.2) is 4.68 Å². The molecule has 3 atom stereocenters. The van der Waals surface area contributed by atoms with E-state index in [1.54, 1.807) is 10.9 Å². The highest BCUT2D eigenvalue weighted by atomic mass is 35.5. The first-order valence-electron chi connectivity index (χ1n) is 16.9. The Morgan fingerprint density at radius 3 is 2.42 bits per heavy atom. The number of hydrogen-bond acceptors (Lipinski definition) is 15. The van der Waals surface area contributed by atoms with Crippen molar-refractivity contribution in [2.75, 3.05) is 91.2 Å². The molecule has 2 N–H and O–H groups in total. The molecule has 0 spiro atoms. The van der Waals surface area contributed by atoms with Crippen molar-refractivity contribution in [3.05, 3.63) is 46.3 Å². The zero-order chi connectivity index (χ0) is 38.1. The predicted molar refractivity (Wildman–Crippen MR) is 197 cm³/mol. The van der Waals surface area contributed by atoms with Gasteiger partial charge in [0.2, 0.25) is 13.7 Å². The maximum atomic E-state index is 11.5. The minimum Gasteiger partial charge on any atom is -0.462 e. The fourth-order valence-electron chi connectivity index (χ4n) is 5.37. The van der Waals surface area contributed by atoms with Gasteiger partial charge < -0.3 is 52.6 Å². The van der Waals surface area contributed by atoms with Gasteiger partial charge in [0.15, 0.2) is 17.2 Å². The zero-order valence-electron chi connectivity index (χ0n) is 29.7. The van der Waals surface area contributed by atoms with Crippen LogP contribution < -0.4 is 4.90 Å². The number of rotatable bonds is 25. The molecule has 1 saturated heterocycles. The van der Waals surface area contributed by atoms with Gasteiger partial charge in [0.05, 0.1) is 77.1 Å². The van der Waals surface area contributed by atoms with Crippen LogP contribution in [0.1, 0.15) is 31.6 Å². The second-order valence-corrected chi connectivity index (χ2v) is 13.9. The number of fused-ring (bicyclic) bond motifs is 1. The normalized spacial score (nSPS) is 16.9. The molecule has 1 aliphatic rings. The van der Waals surface area contributed by atoms with E-state index in [0.717, 1.165) is 5.56 Å². The van der Waals surface area contributed by atoms with Gasteiger partial charge in [-0.1, -0.05) is 35.7 Å². The molecular formula is C34H46Cl2N5O11P. The molecule has 19 heteroatoms. The molecule has 1 aromatic carbocycles. The summed E-state index contributed by atoms with van der Waals surface area (Å²) in [6, 6.07) is 7.55. The number of carbonyl (C=O) groups excluding carboxylic acids is 1. The largest absolute Gasteiger partial charge is 0.462 e. The van der Waals surface area contributed by atoms with E-state index in [1.165, 1.54) is 14.0 Å². The zero-order valence-corrected chi connectivity index (χ0v) is 32.1. The summed E-state index contributed by atoms with van der Waals surface area (Å²) in [7, 11) is -1.31. The van der Waals surface area contributed by atoms with E-state index in [4.69, 9.17) is 67.5 Å². The van der Waals surface area contributed by atoms with E-state index < -0.39 is 38.6 Å². The Hall–Kier alpha value is -2.75. The molecule has 53 heavy (non-hydrogen) atoms. The van der Waals surface area contributed by atoms with Gasteiger partial charge in [0.25, 0.3) is 0 Å². The molecule has 0 radical (unpaired) electrons. The molecule has 0 aliphatic carbocycles. The van der Waals surface area contributed by atoms with Gasteiger partial charge in [0, 0.05) is 32.1 Å². The molecule has 0 saturated carbocycles. The van der Waals surface area contributed by atoms with E-state index in [-0.39, 0.29) is 25.1 Å². The summed E-state index contributed by atoms with van der Waals surface area (Å²) >= 11 is 13.1. The van der Waals surface area contributed by atoms with E-state index in [0.29, 0.717) is 94.1 Å². The van der Waals surface area contributed by atoms with E-state index in [2.05, 4.69) is 21.0 Å². The van der Waals surface area contributed by atoms with Crippen molar-refractivity contribution in [1.82, 2.24) is 19.7 Å². The van der Waals surface area contributed by atoms with Crippen LogP contribution in [0.3, 0.4) is 0 Å². The van der Waals surface area contributed by atoms with Crippen LogP contribution in [0.5, 0.6) is 0 Å². The van der Waals surface area contributed by atoms with Crippen LogP contribution in [0.4, 0.5) is 5.82 Å². The average molecular weight is 803 g/mol. The third kappa shape index (κ3) is 13.2. The Morgan fingerprint density at radius 1 is 1.06 bits per heavy atom. The minimum absolute atomic E-state index is 0.0181. The third-order valence-electron chi connectivity index (χ3n) is 7.96. The Labute approximate surface area is 319 Å². The summed E-state index contributed by atoms with van der Waals surface area (Å²) < 4.78 is 46.2. The maximum absolute atomic E-state index is 11.5. The molecule has 1 fully saturated rings. The number of nitrogens with zero attached hydrogens (tertiary/aromatic N) is 5. The van der Waals surface area contributed by atoms with Gasteiger partial charge in [0.1, 0.15) is 19.0 Å². The fourth-order valence-corrected chi connectivity index (χ4v) is 6.34. The molecule has 292 valence electrons. The lowest BCUT2D eigenvalue weighted by molar-refractivity contribution is -0.154. The van der Waals surface area contributed by atoms with Crippen molar-refractivity contribution in [2.24, 2.45) is 0 Å². The van der Waals surface area contributed by atoms with Gasteiger partial charge in [-0.3, -0.25) is 4.79 Å². The van der Waals surface area contributed by atoms with Gasteiger partial charge in [-0.05, 0) is 36.1 Å². The monoisotopic (exact) mass is 801 g/mol. The van der Waals surface area contributed by atoms with Crippen LogP contribution in [0.2, 0.25) is 10.3 Å². The predicted octanol–water partition coefficient (Wildman–Crippen LogP) is 3.74. The Morgan fingerprint density at radius 2 is 1.75 bits per heavy atom. The van der Waals surface area contributed by atoms with E-state index >= 15 is 0 Å². The van der Waals surface area contributed by atoms with Crippen LogP contribution in [-0.4, -0.2) is 133 Å². The molecule has 0 amide bonds. The van der Waals surface area contributed by atoms with Gasteiger partial charge >= 0.3 is 5.97 Å². The van der Waals surface area contributed by atoms with Crippen molar-refractivity contribution >= 4 is 54.4 Å². The first-order chi connectivity index (χ1) is 25.7. The van der Waals surface area contributed by atoms with Crippen LogP contribution in [0.25, 0.3) is 11.0 Å². The molecule has 4 rings (SSSR count). The second kappa shape index (κ2) is 22.6. The first-order valence-corrected chi connectivity index (χ1v) is 18.9. The van der Waals surface area contributed by atoms with Crippen molar-refractivity contribution in [1.29, 1.82) is 0 Å². The molecule has 16 nitrogen and oxygen atoms in total. The van der Waals surface area contributed by atoms with Crippen molar-refractivity contribution < 1.29 is 52.5 Å². The minimum atomic E-state index is -2.69. The number of benzene rings is 1. The van der Waals surface area contributed by atoms with Crippen LogP contribution in [-0.2, 0) is 49.2 Å². The number of esters is 1. The lowest BCUT2D eigenvalue weighted by Crippen LogP contribution is -2.43. The third-order valence-corrected chi connectivity index (χ3v) is 9.62. The number of methoxy groups -OCH3 is 1. The van der Waals surface area contributed by atoms with Crippen molar-refractivity contribution in [3.8, 4) is 12.3 Å². The Balaban J connectivity index is 1.40. The number of carbonyl (C=O) groups is 1. The molecule has 3 unspecified atom stereocenters. The highest BCUT2D eigenvalue weighted by Crippen LogP contribution is 2.44. The number of terminal acetylenes is 1. The van der Waals surface area contributed by atoms with Gasteiger partial charge in [-0.2, -0.15) is 15.1 Å². The van der Waals surface area contributed by atoms with Crippen molar-refractivity contribution in [3.63, 3.8) is 0 Å². The fraction of sp³-hybridized carbons (Fsp3) is 0.588. The molecule has 2 aromatic heterocycles. The first kappa shape index (κ1) is 43.0. The SMILES string of the molecule is C#CCOCCOCCOCCOCCN(Cc1ccccc1Cl)c1nc(Cl)nc2c1cnn2C1CCC(COC(COC)(COC(C)=O)P(O)O)O1. The summed E-state index contributed by atoms with van der Waals surface area (Å²) in [6.07, 6.45) is 6.97. The second-order valence-electron chi connectivity index (χ2n) is 11.8. The quantitative estimate of drug-likeness (QED) is 0.0416. The van der Waals surface area contributed by atoms with Crippen molar-refractivity contribution in [2.45, 2.75) is 44.0 Å². The summed E-state index contributed by atoms with van der Waals surface area (Å²) in [5.74, 6) is 2.36. The molecule has 3 heterocycles. The number of ether oxygens (including phenoxy) is 8. The van der Waals surface area contributed by atoms with Crippen LogP contribution >= 0.6 is 31.6 Å². The van der Waals surface area contributed by atoms with E-state index in [9.17, 15) is 14.6 Å². The number of anilines is 1. The summed E-state index contributed by atoms with van der Waals surface area (Å²) in [5.41, 5.74) is 1.35. The molecule has 0 bridgehead atoms. The lowest BCUT2D eigenvalue weighted by Gasteiger charge is -2.33. The van der Waals surface area contributed by atoms with Crippen LogP contribution in [0.15, 0.2) is 30.5 Å². The topological polar surface area (TPSA) is 178 Å². The van der Waals surface area contributed by atoms with Gasteiger partial charge in [-0.15, -0.1) is 6.42 Å². The summed E-state index contributed by atoms with van der Waals surface area (Å²) in [4.78, 5) is 42.9. The molecule has 3 aromatic rings. The average Bonchev–Trinajstić information content (AvgIpc) is 3.78. The number of aromatic nitrogens is 4. The molecular weight excluding hydrogens is 756 g/mol.